The van der Waals surface area contributed by atoms with E-state index in [2.05, 4.69) is 16.5 Å². The average molecular weight is 412 g/mol. The maximum atomic E-state index is 12.8. The van der Waals surface area contributed by atoms with E-state index in [1.807, 2.05) is 72.1 Å². The number of carbonyl (C=O) groups excluding carboxylic acids is 2. The number of hydrazone groups is 1. The van der Waals surface area contributed by atoms with E-state index in [0.717, 1.165) is 22.9 Å². The summed E-state index contributed by atoms with van der Waals surface area (Å²) in [6.45, 7) is 1.54. The first-order valence-electron chi connectivity index (χ1n) is 9.18. The van der Waals surface area contributed by atoms with E-state index in [4.69, 9.17) is 0 Å². The highest BCUT2D eigenvalue weighted by atomic mass is 32.2. The third-order valence-corrected chi connectivity index (χ3v) is 7.81. The molecule has 2 aromatic rings. The Morgan fingerprint density at radius 2 is 1.82 bits per heavy atom. The van der Waals surface area contributed by atoms with Crippen molar-refractivity contribution in [3.05, 3.63) is 60.2 Å². The lowest BCUT2D eigenvalue weighted by Gasteiger charge is -2.20. The lowest BCUT2D eigenvalue weighted by atomic mass is 10.1. The van der Waals surface area contributed by atoms with Gasteiger partial charge in [0.25, 0.3) is 5.91 Å². The summed E-state index contributed by atoms with van der Waals surface area (Å²) in [5.74, 6) is 2.05. The van der Waals surface area contributed by atoms with Gasteiger partial charge in [0.1, 0.15) is 11.8 Å². The molecule has 1 N–H and O–H groups in total. The molecule has 0 bridgehead atoms. The molecule has 1 saturated heterocycles. The molecule has 0 radical (unpaired) electrons. The molecule has 5 nitrogen and oxygen atoms in total. The Morgan fingerprint density at radius 3 is 2.54 bits per heavy atom. The van der Waals surface area contributed by atoms with Crippen molar-refractivity contribution in [2.75, 3.05) is 21.8 Å². The summed E-state index contributed by atoms with van der Waals surface area (Å²) in [5.41, 5.74) is 3.16. The lowest BCUT2D eigenvalue weighted by molar-refractivity contribution is -0.118. The van der Waals surface area contributed by atoms with Gasteiger partial charge in [0.2, 0.25) is 0 Å². The van der Waals surface area contributed by atoms with Crippen LogP contribution in [0.1, 0.15) is 23.5 Å². The Kier molecular flexibility index (Phi) is 5.73. The number of nitrogens with one attached hydrogen (secondary N) is 1. The Morgan fingerprint density at radius 1 is 1.07 bits per heavy atom. The molecule has 2 aliphatic rings. The number of rotatable bonds is 5. The normalized spacial score (nSPS) is 19.5. The monoisotopic (exact) mass is 411 g/mol. The summed E-state index contributed by atoms with van der Waals surface area (Å²) in [4.78, 5) is 24.9. The number of hydrogen-bond donors (Lipinski definition) is 1. The highest BCUT2D eigenvalue weighted by Crippen LogP contribution is 2.45. The highest BCUT2D eigenvalue weighted by molar-refractivity contribution is 8.19. The topological polar surface area (TPSA) is 61.8 Å². The van der Waals surface area contributed by atoms with Crippen LogP contribution in [0.15, 0.2) is 59.7 Å². The number of Topliss-reactive ketones (excluding diaryl/α,β-unsaturated/α-hetero) is 1. The first-order chi connectivity index (χ1) is 13.6. The molecule has 1 atom stereocenters. The number of amides is 1. The minimum atomic E-state index is -0.444. The second kappa shape index (κ2) is 8.41. The summed E-state index contributed by atoms with van der Waals surface area (Å²) in [7, 11) is 0. The van der Waals surface area contributed by atoms with E-state index in [1.54, 1.807) is 5.01 Å². The molecule has 0 aromatic heterocycles. The van der Waals surface area contributed by atoms with Gasteiger partial charge in [-0.3, -0.25) is 14.6 Å². The number of nitrogens with zero attached hydrogens (tertiary/aromatic N) is 2. The number of benzene rings is 2. The van der Waals surface area contributed by atoms with Gasteiger partial charge in [-0.05, 0) is 36.8 Å². The van der Waals surface area contributed by atoms with E-state index in [1.165, 1.54) is 12.5 Å². The maximum Gasteiger partial charge on any atom is 0.271 e. The van der Waals surface area contributed by atoms with E-state index >= 15 is 0 Å². The van der Waals surface area contributed by atoms with Gasteiger partial charge in [-0.15, -0.1) is 23.5 Å². The third kappa shape index (κ3) is 4.10. The molecule has 144 valence electrons. The Hall–Kier alpha value is -2.25. The van der Waals surface area contributed by atoms with Crippen molar-refractivity contribution in [3.8, 4) is 0 Å². The molecule has 4 rings (SSSR count). The van der Waals surface area contributed by atoms with Crippen molar-refractivity contribution in [2.45, 2.75) is 24.0 Å². The van der Waals surface area contributed by atoms with Gasteiger partial charge in [0.05, 0.1) is 10.3 Å². The molecular formula is C21H21N3O2S2. The molecule has 1 unspecified atom stereocenters. The minimum Gasteiger partial charge on any atom is -0.321 e. The van der Waals surface area contributed by atoms with E-state index in [9.17, 15) is 9.59 Å². The van der Waals surface area contributed by atoms with Crippen LogP contribution in [0.3, 0.4) is 0 Å². The molecule has 1 amide bonds. The fourth-order valence-corrected chi connectivity index (χ4v) is 6.14. The molecule has 2 heterocycles. The number of anilines is 2. The van der Waals surface area contributed by atoms with Crippen molar-refractivity contribution < 1.29 is 9.59 Å². The largest absolute Gasteiger partial charge is 0.321 e. The van der Waals surface area contributed by atoms with Crippen molar-refractivity contribution in [1.82, 2.24) is 0 Å². The predicted octanol–water partition coefficient (Wildman–Crippen LogP) is 4.33. The first kappa shape index (κ1) is 19.1. The van der Waals surface area contributed by atoms with Crippen LogP contribution >= 0.6 is 23.5 Å². The molecule has 2 aliphatic heterocycles. The minimum absolute atomic E-state index is 0.00677. The molecule has 0 spiro atoms. The fraction of sp³-hybridized carbons (Fsp3) is 0.286. The van der Waals surface area contributed by atoms with Crippen LogP contribution in [0, 0.1) is 0 Å². The van der Waals surface area contributed by atoms with Gasteiger partial charge in [-0.1, -0.05) is 30.3 Å². The number of thioether (sulfide) groups is 2. The van der Waals surface area contributed by atoms with Gasteiger partial charge in [-0.2, -0.15) is 5.10 Å². The summed E-state index contributed by atoms with van der Waals surface area (Å²) >= 11 is 3.86. The van der Waals surface area contributed by atoms with Crippen molar-refractivity contribution in [3.63, 3.8) is 0 Å². The van der Waals surface area contributed by atoms with Crippen LogP contribution in [-0.2, 0) is 9.59 Å². The average Bonchev–Trinajstić information content (AvgIpc) is 3.39. The van der Waals surface area contributed by atoms with Crippen molar-refractivity contribution in [2.24, 2.45) is 5.10 Å². The standard InChI is InChI=1S/C21H21N3O2S2/c1-14(25)19-13-18(23-24(19)17-8-3-2-4-9-17)20(26)22-16-7-5-6-15(12-16)21-27-10-11-28-21/h2-9,12,19,21H,10-11,13H2,1H3,(H,22,26). The summed E-state index contributed by atoms with van der Waals surface area (Å²) in [5, 5.41) is 9.07. The number of carbonyl (C=O) groups is 2. The van der Waals surface area contributed by atoms with Crippen LogP contribution < -0.4 is 10.3 Å². The van der Waals surface area contributed by atoms with Crippen molar-refractivity contribution in [1.29, 1.82) is 0 Å². The first-order valence-corrected chi connectivity index (χ1v) is 11.3. The van der Waals surface area contributed by atoms with Gasteiger partial charge in [0.15, 0.2) is 5.78 Å². The zero-order valence-corrected chi connectivity index (χ0v) is 17.1. The second-order valence-electron chi connectivity index (χ2n) is 6.71. The Labute approximate surface area is 173 Å². The van der Waals surface area contributed by atoms with Gasteiger partial charge in [0, 0.05) is 23.6 Å². The number of para-hydroxylation sites is 1. The van der Waals surface area contributed by atoms with Crippen LogP contribution in [0.5, 0.6) is 0 Å². The Bertz CT molecular complexity index is 911. The van der Waals surface area contributed by atoms with E-state index < -0.39 is 6.04 Å². The van der Waals surface area contributed by atoms with Gasteiger partial charge >= 0.3 is 0 Å². The summed E-state index contributed by atoms with van der Waals surface area (Å²) in [6, 6.07) is 17.0. The highest BCUT2D eigenvalue weighted by Gasteiger charge is 2.34. The molecule has 0 saturated carbocycles. The lowest BCUT2D eigenvalue weighted by Crippen LogP contribution is -2.33. The number of hydrogen-bond acceptors (Lipinski definition) is 6. The summed E-state index contributed by atoms with van der Waals surface area (Å²) in [6.07, 6.45) is 0.310. The van der Waals surface area contributed by atoms with Crippen LogP contribution in [0.25, 0.3) is 0 Å². The molecule has 2 aromatic carbocycles. The van der Waals surface area contributed by atoms with E-state index in [-0.39, 0.29) is 11.7 Å². The SMILES string of the molecule is CC(=O)C1CC(C(=O)Nc2cccc(C3SCCS3)c2)=NN1c1ccccc1. The molecule has 28 heavy (non-hydrogen) atoms. The van der Waals surface area contributed by atoms with Crippen LogP contribution in [0.2, 0.25) is 0 Å². The zero-order chi connectivity index (χ0) is 19.5. The third-order valence-electron chi connectivity index (χ3n) is 4.70. The predicted molar refractivity (Wildman–Crippen MR) is 118 cm³/mol. The molecule has 0 aliphatic carbocycles. The second-order valence-corrected chi connectivity index (χ2v) is 9.43. The molecule has 7 heteroatoms. The summed E-state index contributed by atoms with van der Waals surface area (Å²) < 4.78 is 0.427. The molecule has 1 fully saturated rings. The Balaban J connectivity index is 1.51. The quantitative estimate of drug-likeness (QED) is 0.794. The number of ketones is 1. The van der Waals surface area contributed by atoms with E-state index in [0.29, 0.717) is 16.7 Å². The van der Waals surface area contributed by atoms with Crippen LogP contribution in [0.4, 0.5) is 11.4 Å². The fourth-order valence-electron chi connectivity index (χ4n) is 3.30. The van der Waals surface area contributed by atoms with Crippen LogP contribution in [-0.4, -0.2) is 34.9 Å². The van der Waals surface area contributed by atoms with Gasteiger partial charge < -0.3 is 5.32 Å². The maximum absolute atomic E-state index is 12.8. The molecular weight excluding hydrogens is 390 g/mol. The van der Waals surface area contributed by atoms with Gasteiger partial charge in [-0.25, -0.2) is 0 Å². The van der Waals surface area contributed by atoms with Crippen molar-refractivity contribution >= 4 is 52.3 Å². The smallest absolute Gasteiger partial charge is 0.271 e. The zero-order valence-electron chi connectivity index (χ0n) is 15.5.